The summed E-state index contributed by atoms with van der Waals surface area (Å²) in [5.41, 5.74) is -0.0367. The summed E-state index contributed by atoms with van der Waals surface area (Å²) in [7, 11) is 0. The Kier molecular flexibility index (Phi) is 3.81. The lowest BCUT2D eigenvalue weighted by atomic mass is 10.2. The summed E-state index contributed by atoms with van der Waals surface area (Å²) in [5.74, 6) is -0.0900. The van der Waals surface area contributed by atoms with Crippen LogP contribution in [0.2, 0.25) is 0 Å². The van der Waals surface area contributed by atoms with Crippen molar-refractivity contribution in [1.82, 2.24) is 9.88 Å². The van der Waals surface area contributed by atoms with E-state index in [1.165, 1.54) is 6.92 Å². The molecule has 18 heavy (non-hydrogen) atoms. The van der Waals surface area contributed by atoms with Crippen LogP contribution in [-0.2, 0) is 11.3 Å². The van der Waals surface area contributed by atoms with Crippen molar-refractivity contribution in [1.29, 1.82) is 0 Å². The van der Waals surface area contributed by atoms with Crippen LogP contribution in [0.15, 0.2) is 39.7 Å². The zero-order chi connectivity index (χ0) is 13.1. The molecule has 4 nitrogen and oxygen atoms in total. The smallest absolute Gasteiger partial charge is 0.258 e. The van der Waals surface area contributed by atoms with Crippen LogP contribution in [0, 0.1) is 0 Å². The Morgan fingerprint density at radius 1 is 1.39 bits per heavy atom. The van der Waals surface area contributed by atoms with Gasteiger partial charge in [0, 0.05) is 36.1 Å². The highest BCUT2D eigenvalue weighted by Crippen LogP contribution is 2.16. The number of amides is 1. The lowest BCUT2D eigenvalue weighted by Gasteiger charge is -2.07. The third-order valence-corrected chi connectivity index (χ3v) is 3.16. The average molecular weight is 309 g/mol. The van der Waals surface area contributed by atoms with Gasteiger partial charge in [-0.15, -0.1) is 0 Å². The Morgan fingerprint density at radius 2 is 2.17 bits per heavy atom. The Bertz CT molecular complexity index is 649. The fourth-order valence-electron chi connectivity index (χ4n) is 1.79. The monoisotopic (exact) mass is 308 g/mol. The summed E-state index contributed by atoms with van der Waals surface area (Å²) >= 11 is 3.38. The molecular formula is C13H13BrN2O2. The fourth-order valence-corrected chi connectivity index (χ4v) is 2.17. The first-order valence-corrected chi connectivity index (χ1v) is 6.40. The van der Waals surface area contributed by atoms with Gasteiger partial charge in [-0.25, -0.2) is 0 Å². The Balaban J connectivity index is 2.30. The molecule has 1 N–H and O–H groups in total. The molecule has 1 aromatic carbocycles. The third-order valence-electron chi connectivity index (χ3n) is 2.67. The van der Waals surface area contributed by atoms with Gasteiger partial charge in [0.1, 0.15) is 0 Å². The zero-order valence-corrected chi connectivity index (χ0v) is 11.5. The van der Waals surface area contributed by atoms with Gasteiger partial charge in [0.05, 0.1) is 0 Å². The molecule has 2 aromatic rings. The lowest BCUT2D eigenvalue weighted by Crippen LogP contribution is -2.29. The van der Waals surface area contributed by atoms with E-state index >= 15 is 0 Å². The van der Waals surface area contributed by atoms with Gasteiger partial charge in [-0.3, -0.25) is 9.59 Å². The van der Waals surface area contributed by atoms with Gasteiger partial charge < -0.3 is 9.88 Å². The molecule has 0 fully saturated rings. The quantitative estimate of drug-likeness (QED) is 0.941. The van der Waals surface area contributed by atoms with Crippen molar-refractivity contribution in [2.24, 2.45) is 0 Å². The molecule has 0 aliphatic carbocycles. The molecule has 1 heterocycles. The van der Waals surface area contributed by atoms with Crippen LogP contribution < -0.4 is 10.9 Å². The summed E-state index contributed by atoms with van der Waals surface area (Å²) in [5, 5.41) is 4.26. The van der Waals surface area contributed by atoms with Crippen molar-refractivity contribution < 1.29 is 4.79 Å². The van der Waals surface area contributed by atoms with Crippen LogP contribution in [0.25, 0.3) is 10.8 Å². The molecule has 0 saturated heterocycles. The zero-order valence-electron chi connectivity index (χ0n) is 9.94. The number of fused-ring (bicyclic) bond motifs is 1. The van der Waals surface area contributed by atoms with E-state index in [1.54, 1.807) is 16.8 Å². The van der Waals surface area contributed by atoms with Crippen LogP contribution in [0.5, 0.6) is 0 Å². The minimum absolute atomic E-state index is 0.0367. The van der Waals surface area contributed by atoms with Crippen LogP contribution >= 0.6 is 15.9 Å². The van der Waals surface area contributed by atoms with E-state index < -0.39 is 0 Å². The summed E-state index contributed by atoms with van der Waals surface area (Å²) in [6, 6.07) is 7.46. The highest BCUT2D eigenvalue weighted by Gasteiger charge is 2.03. The number of hydrogen-bond acceptors (Lipinski definition) is 2. The Labute approximate surface area is 113 Å². The van der Waals surface area contributed by atoms with Crippen LogP contribution in [-0.4, -0.2) is 17.0 Å². The van der Waals surface area contributed by atoms with Gasteiger partial charge in [0.25, 0.3) is 5.56 Å². The number of benzene rings is 1. The number of nitrogens with zero attached hydrogens (tertiary/aromatic N) is 1. The van der Waals surface area contributed by atoms with Crippen LogP contribution in [0.3, 0.4) is 0 Å². The maximum Gasteiger partial charge on any atom is 0.258 e. The molecule has 0 spiro atoms. The lowest BCUT2D eigenvalue weighted by molar-refractivity contribution is -0.118. The molecule has 5 heteroatoms. The molecule has 1 aromatic heterocycles. The Hall–Kier alpha value is -1.62. The second-order valence-corrected chi connectivity index (χ2v) is 4.94. The van der Waals surface area contributed by atoms with E-state index in [0.29, 0.717) is 18.5 Å². The number of pyridine rings is 1. The van der Waals surface area contributed by atoms with E-state index in [-0.39, 0.29) is 11.5 Å². The average Bonchev–Trinajstić information content (AvgIpc) is 2.31. The van der Waals surface area contributed by atoms with Gasteiger partial charge in [-0.05, 0) is 29.7 Å². The summed E-state index contributed by atoms with van der Waals surface area (Å²) < 4.78 is 2.55. The maximum absolute atomic E-state index is 12.2. The van der Waals surface area contributed by atoms with E-state index in [0.717, 1.165) is 9.86 Å². The second-order valence-electron chi connectivity index (χ2n) is 4.03. The minimum atomic E-state index is -0.0900. The maximum atomic E-state index is 12.2. The van der Waals surface area contributed by atoms with Crippen LogP contribution in [0.1, 0.15) is 6.92 Å². The molecule has 94 valence electrons. The predicted octanol–water partition coefficient (Wildman–Crippen LogP) is 1.90. The number of aromatic nitrogens is 1. The predicted molar refractivity (Wildman–Crippen MR) is 74.6 cm³/mol. The van der Waals surface area contributed by atoms with Crippen molar-refractivity contribution >= 4 is 32.6 Å². The number of carbonyl (C=O) groups is 1. The second kappa shape index (κ2) is 5.35. The molecule has 0 saturated carbocycles. The largest absolute Gasteiger partial charge is 0.355 e. The van der Waals surface area contributed by atoms with E-state index in [9.17, 15) is 9.59 Å². The number of hydrogen-bond donors (Lipinski definition) is 1. The molecule has 0 aliphatic heterocycles. The van der Waals surface area contributed by atoms with Crippen molar-refractivity contribution in [3.8, 4) is 0 Å². The number of halogens is 1. The molecule has 0 atom stereocenters. The summed E-state index contributed by atoms with van der Waals surface area (Å²) in [4.78, 5) is 22.9. The van der Waals surface area contributed by atoms with E-state index in [4.69, 9.17) is 0 Å². The van der Waals surface area contributed by atoms with Crippen LogP contribution in [0.4, 0.5) is 0 Å². The third kappa shape index (κ3) is 2.79. The molecule has 2 rings (SSSR count). The van der Waals surface area contributed by atoms with Gasteiger partial charge in [0.2, 0.25) is 5.91 Å². The van der Waals surface area contributed by atoms with Gasteiger partial charge in [-0.1, -0.05) is 15.9 Å². The molecule has 0 unspecified atom stereocenters. The Morgan fingerprint density at radius 3 is 2.89 bits per heavy atom. The standard InChI is InChI=1S/C13H13BrN2O2/c1-9(17)15-5-7-16-6-4-10-8-11(14)2-3-12(10)13(16)18/h2-4,6,8H,5,7H2,1H3,(H,15,17). The van der Waals surface area contributed by atoms with Gasteiger partial charge in [-0.2, -0.15) is 0 Å². The number of carbonyl (C=O) groups excluding carboxylic acids is 1. The number of nitrogens with one attached hydrogen (secondary N) is 1. The minimum Gasteiger partial charge on any atom is -0.355 e. The first-order valence-electron chi connectivity index (χ1n) is 5.61. The molecular weight excluding hydrogens is 296 g/mol. The van der Waals surface area contributed by atoms with Gasteiger partial charge >= 0.3 is 0 Å². The molecule has 0 aliphatic rings. The van der Waals surface area contributed by atoms with E-state index in [2.05, 4.69) is 21.2 Å². The highest BCUT2D eigenvalue weighted by molar-refractivity contribution is 9.10. The van der Waals surface area contributed by atoms with Crippen molar-refractivity contribution in [2.45, 2.75) is 13.5 Å². The van der Waals surface area contributed by atoms with Crippen molar-refractivity contribution in [2.75, 3.05) is 6.54 Å². The summed E-state index contributed by atoms with van der Waals surface area (Å²) in [6.45, 7) is 2.39. The molecule has 1 amide bonds. The first-order chi connectivity index (χ1) is 8.58. The topological polar surface area (TPSA) is 51.1 Å². The summed E-state index contributed by atoms with van der Waals surface area (Å²) in [6.07, 6.45) is 1.75. The highest BCUT2D eigenvalue weighted by atomic mass is 79.9. The van der Waals surface area contributed by atoms with Crippen molar-refractivity contribution in [3.05, 3.63) is 45.3 Å². The van der Waals surface area contributed by atoms with Crippen molar-refractivity contribution in [3.63, 3.8) is 0 Å². The van der Waals surface area contributed by atoms with E-state index in [1.807, 2.05) is 18.2 Å². The molecule has 0 radical (unpaired) electrons. The molecule has 0 bridgehead atoms. The first kappa shape index (κ1) is 12.8. The SMILES string of the molecule is CC(=O)NCCn1ccc2cc(Br)ccc2c1=O. The number of rotatable bonds is 3. The van der Waals surface area contributed by atoms with Gasteiger partial charge in [0.15, 0.2) is 0 Å². The normalized spacial score (nSPS) is 10.6. The fraction of sp³-hybridized carbons (Fsp3) is 0.231.